The van der Waals surface area contributed by atoms with Crippen molar-refractivity contribution < 1.29 is 9.53 Å². The summed E-state index contributed by atoms with van der Waals surface area (Å²) in [5.41, 5.74) is -0.180. The highest BCUT2D eigenvalue weighted by molar-refractivity contribution is 6.35. The first kappa shape index (κ1) is 14.2. The number of pyridine rings is 1. The van der Waals surface area contributed by atoms with Crippen molar-refractivity contribution >= 4 is 29.1 Å². The van der Waals surface area contributed by atoms with E-state index in [1.54, 1.807) is 7.11 Å². The van der Waals surface area contributed by atoms with Gasteiger partial charge in [-0.1, -0.05) is 23.2 Å². The molecule has 1 N–H and O–H groups in total. The molecule has 1 aromatic heterocycles. The molecule has 0 atom stereocenters. The first-order valence-corrected chi connectivity index (χ1v) is 5.74. The number of carbonyl (C=O) groups is 1. The summed E-state index contributed by atoms with van der Waals surface area (Å²) in [5, 5.41) is 3.30. The summed E-state index contributed by atoms with van der Waals surface area (Å²) in [7, 11) is 1.57. The van der Waals surface area contributed by atoms with Crippen LogP contribution in [0.25, 0.3) is 0 Å². The molecule has 94 valence electrons. The van der Waals surface area contributed by atoms with Crippen LogP contribution in [0.15, 0.2) is 12.3 Å². The number of methoxy groups -OCH3 is 1. The van der Waals surface area contributed by atoms with Crippen molar-refractivity contribution in [1.82, 2.24) is 10.3 Å². The van der Waals surface area contributed by atoms with Crippen molar-refractivity contribution in [3.05, 3.63) is 28.0 Å². The first-order chi connectivity index (χ1) is 7.85. The molecule has 0 aliphatic heterocycles. The lowest BCUT2D eigenvalue weighted by Gasteiger charge is -2.25. The predicted molar refractivity (Wildman–Crippen MR) is 67.7 cm³/mol. The zero-order chi connectivity index (χ0) is 13.1. The maximum Gasteiger partial charge on any atom is 0.253 e. The Balaban J connectivity index is 2.86. The molecule has 0 unspecified atom stereocenters. The molecule has 0 aromatic carbocycles. The standard InChI is InChI=1S/C11H14Cl2N2O2/c1-11(2,6-17-3)15-10(16)7-4-9(13)14-5-8(7)12/h4-5H,6H2,1-3H3,(H,15,16). The van der Waals surface area contributed by atoms with Gasteiger partial charge >= 0.3 is 0 Å². The minimum absolute atomic E-state index is 0.226. The van der Waals surface area contributed by atoms with Gasteiger partial charge in [-0.05, 0) is 19.9 Å². The monoisotopic (exact) mass is 276 g/mol. The van der Waals surface area contributed by atoms with Crippen molar-refractivity contribution in [3.8, 4) is 0 Å². The Morgan fingerprint density at radius 3 is 2.76 bits per heavy atom. The smallest absolute Gasteiger partial charge is 0.253 e. The largest absolute Gasteiger partial charge is 0.382 e. The molecule has 0 spiro atoms. The van der Waals surface area contributed by atoms with Gasteiger partial charge in [0, 0.05) is 13.3 Å². The molecule has 1 amide bonds. The molecule has 0 bridgehead atoms. The average molecular weight is 277 g/mol. The highest BCUT2D eigenvalue weighted by Gasteiger charge is 2.22. The second-order valence-electron chi connectivity index (χ2n) is 4.26. The lowest BCUT2D eigenvalue weighted by molar-refractivity contribution is 0.0820. The number of amides is 1. The van der Waals surface area contributed by atoms with Crippen molar-refractivity contribution in [2.75, 3.05) is 13.7 Å². The molecule has 0 radical (unpaired) electrons. The SMILES string of the molecule is COCC(C)(C)NC(=O)c1cc(Cl)ncc1Cl. The highest BCUT2D eigenvalue weighted by atomic mass is 35.5. The van der Waals surface area contributed by atoms with Gasteiger partial charge in [0.1, 0.15) is 5.15 Å². The summed E-state index contributed by atoms with van der Waals surface area (Å²) >= 11 is 11.6. The summed E-state index contributed by atoms with van der Waals surface area (Å²) in [6.07, 6.45) is 1.35. The maximum atomic E-state index is 12.0. The Morgan fingerprint density at radius 2 is 2.18 bits per heavy atom. The van der Waals surface area contributed by atoms with Gasteiger partial charge in [-0.2, -0.15) is 0 Å². The molecule has 4 nitrogen and oxygen atoms in total. The number of hydrogen-bond acceptors (Lipinski definition) is 3. The normalized spacial score (nSPS) is 11.4. The van der Waals surface area contributed by atoms with E-state index in [2.05, 4.69) is 10.3 Å². The summed E-state index contributed by atoms with van der Waals surface area (Å²) in [6, 6.07) is 1.43. The lowest BCUT2D eigenvalue weighted by Crippen LogP contribution is -2.46. The molecule has 0 saturated carbocycles. The van der Waals surface area contributed by atoms with Crippen molar-refractivity contribution in [1.29, 1.82) is 0 Å². The number of nitrogens with one attached hydrogen (secondary N) is 1. The Hall–Kier alpha value is -0.840. The van der Waals surface area contributed by atoms with Crippen molar-refractivity contribution in [2.24, 2.45) is 0 Å². The van der Waals surface area contributed by atoms with Crippen LogP contribution in [-0.4, -0.2) is 30.1 Å². The van der Waals surface area contributed by atoms with Crippen LogP contribution in [0.3, 0.4) is 0 Å². The zero-order valence-corrected chi connectivity index (χ0v) is 11.4. The van der Waals surface area contributed by atoms with Gasteiger partial charge in [0.15, 0.2) is 0 Å². The average Bonchev–Trinajstić information content (AvgIpc) is 2.20. The molecule has 1 aromatic rings. The summed E-state index contributed by atoms with van der Waals surface area (Å²) in [4.78, 5) is 15.8. The molecule has 6 heteroatoms. The number of carbonyl (C=O) groups excluding carboxylic acids is 1. The van der Waals surface area contributed by atoms with E-state index in [1.165, 1.54) is 12.3 Å². The van der Waals surface area contributed by atoms with E-state index in [1.807, 2.05) is 13.8 Å². The van der Waals surface area contributed by atoms with Crippen molar-refractivity contribution in [2.45, 2.75) is 19.4 Å². The number of halogens is 2. The molecular weight excluding hydrogens is 263 g/mol. The summed E-state index contributed by atoms with van der Waals surface area (Å²) < 4.78 is 5.01. The third kappa shape index (κ3) is 4.15. The van der Waals surface area contributed by atoms with Crippen LogP contribution in [0.5, 0.6) is 0 Å². The second kappa shape index (κ2) is 5.67. The summed E-state index contributed by atoms with van der Waals surface area (Å²) in [6.45, 7) is 4.10. The second-order valence-corrected chi connectivity index (χ2v) is 5.05. The van der Waals surface area contributed by atoms with Gasteiger partial charge in [-0.3, -0.25) is 4.79 Å². The molecule has 17 heavy (non-hydrogen) atoms. The Morgan fingerprint density at radius 1 is 1.53 bits per heavy atom. The van der Waals surface area contributed by atoms with Gasteiger partial charge in [-0.15, -0.1) is 0 Å². The lowest BCUT2D eigenvalue weighted by atomic mass is 10.1. The number of rotatable bonds is 4. The van der Waals surface area contributed by atoms with E-state index in [0.29, 0.717) is 12.2 Å². The Labute approximate surface area is 110 Å². The molecule has 0 saturated heterocycles. The minimum atomic E-state index is -0.481. The van der Waals surface area contributed by atoms with Gasteiger partial charge < -0.3 is 10.1 Å². The number of hydrogen-bond donors (Lipinski definition) is 1. The van der Waals surface area contributed by atoms with Gasteiger partial charge in [0.2, 0.25) is 0 Å². The van der Waals surface area contributed by atoms with Crippen LogP contribution in [-0.2, 0) is 4.74 Å². The van der Waals surface area contributed by atoms with Crippen LogP contribution in [0.2, 0.25) is 10.2 Å². The van der Waals surface area contributed by atoms with E-state index < -0.39 is 5.54 Å². The predicted octanol–water partition coefficient (Wildman–Crippen LogP) is 2.54. The fourth-order valence-electron chi connectivity index (χ4n) is 1.36. The van der Waals surface area contributed by atoms with E-state index in [9.17, 15) is 4.79 Å². The van der Waals surface area contributed by atoms with Gasteiger partial charge in [0.25, 0.3) is 5.91 Å². The Kier molecular flexibility index (Phi) is 4.74. The first-order valence-electron chi connectivity index (χ1n) is 4.98. The third-order valence-corrected chi connectivity index (χ3v) is 2.53. The van der Waals surface area contributed by atoms with E-state index >= 15 is 0 Å². The maximum absolute atomic E-state index is 12.0. The highest BCUT2D eigenvalue weighted by Crippen LogP contribution is 2.18. The number of nitrogens with zero attached hydrogens (tertiary/aromatic N) is 1. The van der Waals surface area contributed by atoms with Crippen LogP contribution in [0.1, 0.15) is 24.2 Å². The topological polar surface area (TPSA) is 51.2 Å². The van der Waals surface area contributed by atoms with Crippen molar-refractivity contribution in [3.63, 3.8) is 0 Å². The fourth-order valence-corrected chi connectivity index (χ4v) is 1.71. The number of aromatic nitrogens is 1. The molecule has 0 fully saturated rings. The minimum Gasteiger partial charge on any atom is -0.382 e. The van der Waals surface area contributed by atoms with Crippen LogP contribution < -0.4 is 5.32 Å². The Bertz CT molecular complexity index is 422. The van der Waals surface area contributed by atoms with E-state index in [0.717, 1.165) is 0 Å². The van der Waals surface area contributed by atoms with E-state index in [-0.39, 0.29) is 16.1 Å². The molecule has 1 rings (SSSR count). The quantitative estimate of drug-likeness (QED) is 0.860. The molecular formula is C11H14Cl2N2O2. The summed E-state index contributed by atoms with van der Waals surface area (Å²) in [5.74, 6) is -0.304. The molecule has 0 aliphatic carbocycles. The number of ether oxygens (including phenoxy) is 1. The van der Waals surface area contributed by atoms with Crippen LogP contribution in [0, 0.1) is 0 Å². The van der Waals surface area contributed by atoms with E-state index in [4.69, 9.17) is 27.9 Å². The van der Waals surface area contributed by atoms with Crippen LogP contribution in [0.4, 0.5) is 0 Å². The fraction of sp³-hybridized carbons (Fsp3) is 0.455. The molecule has 1 heterocycles. The van der Waals surface area contributed by atoms with Crippen LogP contribution >= 0.6 is 23.2 Å². The van der Waals surface area contributed by atoms with Gasteiger partial charge in [-0.25, -0.2) is 4.98 Å². The third-order valence-electron chi connectivity index (χ3n) is 2.02. The zero-order valence-electron chi connectivity index (χ0n) is 9.88. The molecule has 0 aliphatic rings. The van der Waals surface area contributed by atoms with Gasteiger partial charge in [0.05, 0.1) is 22.7 Å².